The van der Waals surface area contributed by atoms with Gasteiger partial charge in [0.25, 0.3) is 0 Å². The highest BCUT2D eigenvalue weighted by Gasteiger charge is 2.29. The Bertz CT molecular complexity index is 848. The van der Waals surface area contributed by atoms with Crippen molar-refractivity contribution in [3.8, 4) is 0 Å². The van der Waals surface area contributed by atoms with Crippen LogP contribution in [-0.4, -0.2) is 28.8 Å². The minimum Gasteiger partial charge on any atom is -0.352 e. The standard InChI is InChI=1S/C24H30Cl2N2O2/c1-5-17(4)27-24(30)22(6-2)28(15-18-12-10-16(3)11-13-18)23(29)14-19-20(25)8-7-9-21(19)26/h7-13,17,22H,5-6,14-15H2,1-4H3,(H,27,30)/t17-,22+/m1/s1. The summed E-state index contributed by atoms with van der Waals surface area (Å²) in [4.78, 5) is 28.0. The summed E-state index contributed by atoms with van der Waals surface area (Å²) >= 11 is 12.6. The fraction of sp³-hybridized carbons (Fsp3) is 0.417. The van der Waals surface area contributed by atoms with Gasteiger partial charge >= 0.3 is 0 Å². The molecule has 0 heterocycles. The molecule has 2 atom stereocenters. The number of halogens is 2. The normalized spacial score (nSPS) is 12.9. The predicted molar refractivity (Wildman–Crippen MR) is 124 cm³/mol. The number of carbonyl (C=O) groups is 2. The second kappa shape index (κ2) is 11.4. The fourth-order valence-corrected chi connectivity index (χ4v) is 3.74. The van der Waals surface area contributed by atoms with Gasteiger partial charge in [-0.3, -0.25) is 9.59 Å². The largest absolute Gasteiger partial charge is 0.352 e. The van der Waals surface area contributed by atoms with Gasteiger partial charge in [-0.05, 0) is 49.9 Å². The Morgan fingerprint density at radius 3 is 2.13 bits per heavy atom. The molecule has 0 radical (unpaired) electrons. The van der Waals surface area contributed by atoms with Crippen molar-refractivity contribution in [3.05, 3.63) is 69.2 Å². The zero-order valence-electron chi connectivity index (χ0n) is 18.0. The molecule has 2 rings (SSSR count). The van der Waals surface area contributed by atoms with E-state index in [1.165, 1.54) is 0 Å². The molecule has 6 heteroatoms. The van der Waals surface area contributed by atoms with E-state index in [4.69, 9.17) is 23.2 Å². The van der Waals surface area contributed by atoms with Crippen LogP contribution in [0, 0.1) is 6.92 Å². The Balaban J connectivity index is 2.34. The Morgan fingerprint density at radius 2 is 1.60 bits per heavy atom. The summed E-state index contributed by atoms with van der Waals surface area (Å²) in [6, 6.07) is 12.6. The molecule has 0 aliphatic carbocycles. The lowest BCUT2D eigenvalue weighted by Crippen LogP contribution is -2.51. The number of benzene rings is 2. The molecular formula is C24H30Cl2N2O2. The molecular weight excluding hydrogens is 419 g/mol. The number of nitrogens with one attached hydrogen (secondary N) is 1. The van der Waals surface area contributed by atoms with E-state index in [-0.39, 0.29) is 24.3 Å². The minimum atomic E-state index is -0.575. The third-order valence-electron chi connectivity index (χ3n) is 5.25. The molecule has 0 aliphatic rings. The third-order valence-corrected chi connectivity index (χ3v) is 5.96. The molecule has 30 heavy (non-hydrogen) atoms. The summed E-state index contributed by atoms with van der Waals surface area (Å²) in [5.41, 5.74) is 2.69. The second-order valence-corrected chi connectivity index (χ2v) is 8.44. The summed E-state index contributed by atoms with van der Waals surface area (Å²) in [7, 11) is 0. The summed E-state index contributed by atoms with van der Waals surface area (Å²) in [5.74, 6) is -0.325. The van der Waals surface area contributed by atoms with Gasteiger partial charge in [-0.2, -0.15) is 0 Å². The number of hydrogen-bond donors (Lipinski definition) is 1. The van der Waals surface area contributed by atoms with E-state index >= 15 is 0 Å². The first kappa shape index (κ1) is 24.2. The van der Waals surface area contributed by atoms with Crippen LogP contribution in [0.3, 0.4) is 0 Å². The van der Waals surface area contributed by atoms with Gasteiger partial charge in [0.2, 0.25) is 11.8 Å². The molecule has 0 saturated heterocycles. The van der Waals surface area contributed by atoms with Gasteiger partial charge < -0.3 is 10.2 Å². The number of rotatable bonds is 9. The number of aryl methyl sites for hydroxylation is 1. The maximum Gasteiger partial charge on any atom is 0.243 e. The smallest absolute Gasteiger partial charge is 0.243 e. The zero-order chi connectivity index (χ0) is 22.3. The van der Waals surface area contributed by atoms with Gasteiger partial charge in [-0.15, -0.1) is 0 Å². The van der Waals surface area contributed by atoms with E-state index in [9.17, 15) is 9.59 Å². The van der Waals surface area contributed by atoms with Gasteiger partial charge in [-0.1, -0.05) is 72.9 Å². The SMILES string of the molecule is CC[C@@H](C)NC(=O)[C@H](CC)N(Cc1ccc(C)cc1)C(=O)Cc1c(Cl)cccc1Cl. The summed E-state index contributed by atoms with van der Waals surface area (Å²) in [6.07, 6.45) is 1.37. The van der Waals surface area contributed by atoms with Crippen molar-refractivity contribution in [3.63, 3.8) is 0 Å². The maximum atomic E-state index is 13.4. The molecule has 0 saturated carbocycles. The molecule has 0 fully saturated rings. The Morgan fingerprint density at radius 1 is 1.00 bits per heavy atom. The lowest BCUT2D eigenvalue weighted by Gasteiger charge is -2.31. The van der Waals surface area contributed by atoms with Crippen LogP contribution in [0.1, 0.15) is 50.3 Å². The zero-order valence-corrected chi connectivity index (χ0v) is 19.6. The molecule has 2 aromatic rings. The quantitative estimate of drug-likeness (QED) is 0.545. The number of amides is 2. The van der Waals surface area contributed by atoms with Crippen LogP contribution in [-0.2, 0) is 22.6 Å². The predicted octanol–water partition coefficient (Wildman–Crippen LogP) is 5.57. The Kier molecular flexibility index (Phi) is 9.19. The van der Waals surface area contributed by atoms with Crippen molar-refractivity contribution in [2.75, 3.05) is 0 Å². The van der Waals surface area contributed by atoms with Gasteiger partial charge in [0.1, 0.15) is 6.04 Å². The molecule has 2 aromatic carbocycles. The molecule has 0 bridgehead atoms. The molecule has 0 aromatic heterocycles. The van der Waals surface area contributed by atoms with Crippen LogP contribution in [0.2, 0.25) is 10.0 Å². The summed E-state index contributed by atoms with van der Waals surface area (Å²) in [6.45, 7) is 8.24. The van der Waals surface area contributed by atoms with E-state index in [1.807, 2.05) is 52.0 Å². The summed E-state index contributed by atoms with van der Waals surface area (Å²) in [5, 5.41) is 3.91. The first-order valence-electron chi connectivity index (χ1n) is 10.3. The van der Waals surface area contributed by atoms with Crippen LogP contribution >= 0.6 is 23.2 Å². The van der Waals surface area contributed by atoms with E-state index in [0.29, 0.717) is 28.6 Å². The van der Waals surface area contributed by atoms with Crippen LogP contribution in [0.5, 0.6) is 0 Å². The first-order valence-corrected chi connectivity index (χ1v) is 11.1. The summed E-state index contributed by atoms with van der Waals surface area (Å²) < 4.78 is 0. The third kappa shape index (κ3) is 6.48. The molecule has 0 unspecified atom stereocenters. The van der Waals surface area contributed by atoms with Crippen LogP contribution in [0.4, 0.5) is 0 Å². The highest BCUT2D eigenvalue weighted by atomic mass is 35.5. The van der Waals surface area contributed by atoms with Crippen molar-refractivity contribution >= 4 is 35.0 Å². The van der Waals surface area contributed by atoms with Gasteiger partial charge in [0, 0.05) is 22.6 Å². The highest BCUT2D eigenvalue weighted by Crippen LogP contribution is 2.26. The Labute approximate surface area is 189 Å². The lowest BCUT2D eigenvalue weighted by atomic mass is 10.1. The van der Waals surface area contributed by atoms with Crippen LogP contribution < -0.4 is 5.32 Å². The highest BCUT2D eigenvalue weighted by molar-refractivity contribution is 6.36. The van der Waals surface area contributed by atoms with E-state index in [1.54, 1.807) is 23.1 Å². The molecule has 2 amide bonds. The van der Waals surface area contributed by atoms with Crippen molar-refractivity contribution in [1.82, 2.24) is 10.2 Å². The number of hydrogen-bond acceptors (Lipinski definition) is 2. The molecule has 0 spiro atoms. The van der Waals surface area contributed by atoms with Crippen LogP contribution in [0.25, 0.3) is 0 Å². The molecule has 162 valence electrons. The minimum absolute atomic E-state index is 0.0392. The number of nitrogens with zero attached hydrogens (tertiary/aromatic N) is 1. The average Bonchev–Trinajstić information content (AvgIpc) is 2.71. The molecule has 1 N–H and O–H groups in total. The van der Waals surface area contributed by atoms with E-state index in [0.717, 1.165) is 17.5 Å². The van der Waals surface area contributed by atoms with Crippen molar-refractivity contribution < 1.29 is 9.59 Å². The fourth-order valence-electron chi connectivity index (χ4n) is 3.20. The van der Waals surface area contributed by atoms with Gasteiger partial charge in [0.15, 0.2) is 0 Å². The average molecular weight is 449 g/mol. The monoisotopic (exact) mass is 448 g/mol. The molecule has 4 nitrogen and oxygen atoms in total. The molecule has 0 aliphatic heterocycles. The van der Waals surface area contributed by atoms with E-state index in [2.05, 4.69) is 5.32 Å². The number of carbonyl (C=O) groups excluding carboxylic acids is 2. The Hall–Kier alpha value is -2.04. The second-order valence-electron chi connectivity index (χ2n) is 7.63. The van der Waals surface area contributed by atoms with E-state index < -0.39 is 6.04 Å². The first-order chi connectivity index (χ1) is 14.3. The van der Waals surface area contributed by atoms with Gasteiger partial charge in [0.05, 0.1) is 6.42 Å². The van der Waals surface area contributed by atoms with Gasteiger partial charge in [-0.25, -0.2) is 0 Å². The van der Waals surface area contributed by atoms with Crippen molar-refractivity contribution in [2.24, 2.45) is 0 Å². The van der Waals surface area contributed by atoms with Crippen molar-refractivity contribution in [1.29, 1.82) is 0 Å². The van der Waals surface area contributed by atoms with Crippen molar-refractivity contribution in [2.45, 2.75) is 65.6 Å². The topological polar surface area (TPSA) is 49.4 Å². The van der Waals surface area contributed by atoms with Crippen LogP contribution in [0.15, 0.2) is 42.5 Å². The maximum absolute atomic E-state index is 13.4. The lowest BCUT2D eigenvalue weighted by molar-refractivity contribution is -0.141.